The maximum absolute atomic E-state index is 13.9. The first-order valence-corrected chi connectivity index (χ1v) is 14.9. The summed E-state index contributed by atoms with van der Waals surface area (Å²) in [6, 6.07) is 15.7. The van der Waals surface area contributed by atoms with Gasteiger partial charge in [-0.25, -0.2) is 8.42 Å². The van der Waals surface area contributed by atoms with Crippen LogP contribution in [0.5, 0.6) is 11.5 Å². The Morgan fingerprint density at radius 1 is 0.897 bits per heavy atom. The Bertz CT molecular complexity index is 1460. The van der Waals surface area contributed by atoms with Gasteiger partial charge in [-0.1, -0.05) is 41.4 Å². The van der Waals surface area contributed by atoms with Gasteiger partial charge in [0.05, 0.1) is 38.3 Å². The number of anilines is 2. The summed E-state index contributed by atoms with van der Waals surface area (Å²) in [5.74, 6) is 0.353. The van der Waals surface area contributed by atoms with Crippen LogP contribution in [0.15, 0.2) is 54.6 Å². The molecular formula is C28H31Cl2N3O5S. The Morgan fingerprint density at radius 3 is 2.08 bits per heavy atom. The topological polar surface area (TPSA) is 79.4 Å². The van der Waals surface area contributed by atoms with Crippen molar-refractivity contribution in [2.45, 2.75) is 13.5 Å². The van der Waals surface area contributed by atoms with Crippen molar-refractivity contribution in [2.24, 2.45) is 0 Å². The number of rotatable bonds is 8. The molecule has 1 aliphatic rings. The van der Waals surface area contributed by atoms with Gasteiger partial charge in [-0.2, -0.15) is 0 Å². The summed E-state index contributed by atoms with van der Waals surface area (Å²) in [4.78, 5) is 17.9. The molecule has 0 aliphatic carbocycles. The van der Waals surface area contributed by atoms with Gasteiger partial charge in [0.15, 0.2) is 11.5 Å². The minimum absolute atomic E-state index is 0.00753. The summed E-state index contributed by atoms with van der Waals surface area (Å²) in [6.45, 7) is 4.16. The van der Waals surface area contributed by atoms with Crippen LogP contribution in [-0.4, -0.2) is 65.9 Å². The lowest BCUT2D eigenvalue weighted by atomic mass is 10.1. The van der Waals surface area contributed by atoms with Gasteiger partial charge < -0.3 is 19.3 Å². The van der Waals surface area contributed by atoms with Crippen molar-refractivity contribution in [3.05, 3.63) is 81.3 Å². The van der Waals surface area contributed by atoms with E-state index in [4.69, 9.17) is 32.7 Å². The molecule has 11 heteroatoms. The third kappa shape index (κ3) is 6.54. The van der Waals surface area contributed by atoms with Crippen LogP contribution in [-0.2, 0) is 16.6 Å². The highest BCUT2D eigenvalue weighted by Crippen LogP contribution is 2.38. The highest BCUT2D eigenvalue weighted by molar-refractivity contribution is 7.92. The lowest BCUT2D eigenvalue weighted by Gasteiger charge is -2.37. The molecule has 0 saturated carbocycles. The van der Waals surface area contributed by atoms with Crippen LogP contribution in [0.1, 0.15) is 21.5 Å². The van der Waals surface area contributed by atoms with Gasteiger partial charge in [-0.15, -0.1) is 0 Å². The fourth-order valence-electron chi connectivity index (χ4n) is 4.63. The van der Waals surface area contributed by atoms with Crippen molar-refractivity contribution in [3.8, 4) is 11.5 Å². The molecule has 0 atom stereocenters. The highest BCUT2D eigenvalue weighted by atomic mass is 35.5. The zero-order chi connectivity index (χ0) is 28.3. The second-order valence-electron chi connectivity index (χ2n) is 9.33. The molecule has 4 rings (SSSR count). The molecule has 1 fully saturated rings. The van der Waals surface area contributed by atoms with E-state index in [1.165, 1.54) is 24.6 Å². The van der Waals surface area contributed by atoms with Gasteiger partial charge in [0.1, 0.15) is 0 Å². The number of carbonyl (C=O) groups excluding carboxylic acids is 1. The number of aryl methyl sites for hydroxylation is 1. The van der Waals surface area contributed by atoms with E-state index in [0.717, 1.165) is 17.5 Å². The van der Waals surface area contributed by atoms with Crippen LogP contribution in [0.2, 0.25) is 10.0 Å². The fourth-order valence-corrected chi connectivity index (χ4v) is 5.81. The van der Waals surface area contributed by atoms with Gasteiger partial charge in [-0.3, -0.25) is 9.10 Å². The first kappa shape index (κ1) is 28.9. The Labute approximate surface area is 239 Å². The van der Waals surface area contributed by atoms with E-state index >= 15 is 0 Å². The molecule has 0 spiro atoms. The van der Waals surface area contributed by atoms with E-state index in [0.29, 0.717) is 53.3 Å². The summed E-state index contributed by atoms with van der Waals surface area (Å²) >= 11 is 12.2. The second kappa shape index (κ2) is 11.9. The molecule has 1 heterocycles. The molecule has 39 heavy (non-hydrogen) atoms. The zero-order valence-corrected chi connectivity index (χ0v) is 24.6. The number of amides is 1. The average molecular weight is 593 g/mol. The summed E-state index contributed by atoms with van der Waals surface area (Å²) in [5, 5.41) is 1.20. The summed E-state index contributed by atoms with van der Waals surface area (Å²) < 4.78 is 38.2. The van der Waals surface area contributed by atoms with E-state index in [9.17, 15) is 13.2 Å². The van der Waals surface area contributed by atoms with Crippen LogP contribution in [0.25, 0.3) is 0 Å². The molecule has 3 aromatic carbocycles. The van der Waals surface area contributed by atoms with E-state index in [2.05, 4.69) is 4.90 Å². The van der Waals surface area contributed by atoms with Crippen LogP contribution < -0.4 is 18.7 Å². The van der Waals surface area contributed by atoms with Gasteiger partial charge >= 0.3 is 0 Å². The average Bonchev–Trinajstić information content (AvgIpc) is 2.92. The highest BCUT2D eigenvalue weighted by Gasteiger charge is 2.30. The van der Waals surface area contributed by atoms with E-state index < -0.39 is 10.0 Å². The summed E-state index contributed by atoms with van der Waals surface area (Å²) in [5.41, 5.74) is 3.27. The van der Waals surface area contributed by atoms with Gasteiger partial charge in [0, 0.05) is 48.0 Å². The van der Waals surface area contributed by atoms with Crippen molar-refractivity contribution in [3.63, 3.8) is 0 Å². The largest absolute Gasteiger partial charge is 0.493 e. The molecule has 1 aliphatic heterocycles. The normalized spacial score (nSPS) is 13.8. The minimum Gasteiger partial charge on any atom is -0.493 e. The Kier molecular flexibility index (Phi) is 8.83. The number of carbonyl (C=O) groups is 1. The molecule has 208 valence electrons. The number of benzene rings is 3. The molecule has 0 unspecified atom stereocenters. The molecule has 0 aromatic heterocycles. The van der Waals surface area contributed by atoms with Crippen LogP contribution in [0, 0.1) is 6.92 Å². The molecule has 1 amide bonds. The predicted molar refractivity (Wildman–Crippen MR) is 156 cm³/mol. The second-order valence-corrected chi connectivity index (χ2v) is 12.1. The van der Waals surface area contributed by atoms with Crippen LogP contribution in [0.4, 0.5) is 11.4 Å². The number of nitrogens with zero attached hydrogens (tertiary/aromatic N) is 3. The zero-order valence-electron chi connectivity index (χ0n) is 22.3. The van der Waals surface area contributed by atoms with Crippen molar-refractivity contribution < 1.29 is 22.7 Å². The maximum Gasteiger partial charge on any atom is 0.256 e. The summed E-state index contributed by atoms with van der Waals surface area (Å²) in [6.07, 6.45) is 1.11. The van der Waals surface area contributed by atoms with Crippen LogP contribution >= 0.6 is 23.2 Å². The minimum atomic E-state index is -3.80. The van der Waals surface area contributed by atoms with Crippen LogP contribution in [0.3, 0.4) is 0 Å². The Hall–Kier alpha value is -3.14. The maximum atomic E-state index is 13.9. The number of ether oxygens (including phenoxy) is 2. The molecule has 3 aromatic rings. The standard InChI is InChI=1S/C28H31Cl2N3O5S/c1-19-5-8-22(30)15-24(19)31-11-13-32(14-12-31)28(34)23-16-26(37-2)27(38-3)17-25(23)33(39(4,35)36)18-20-6-9-21(29)10-7-20/h5-10,15-17H,11-14,18H2,1-4H3. The SMILES string of the molecule is COc1cc(C(=O)N2CCN(c3cc(Cl)ccc3C)CC2)c(N(Cc2ccc(Cl)cc2)S(C)(=O)=O)cc1OC. The molecule has 0 N–H and O–H groups in total. The molecule has 0 bridgehead atoms. The first-order valence-electron chi connectivity index (χ1n) is 12.3. The number of hydrogen-bond donors (Lipinski definition) is 0. The molecular weight excluding hydrogens is 561 g/mol. The van der Waals surface area contributed by atoms with Gasteiger partial charge in [0.2, 0.25) is 10.0 Å². The number of methoxy groups -OCH3 is 2. The lowest BCUT2D eigenvalue weighted by molar-refractivity contribution is 0.0747. The quantitative estimate of drug-likeness (QED) is 0.356. The van der Waals surface area contributed by atoms with E-state index in [1.807, 2.05) is 25.1 Å². The lowest BCUT2D eigenvalue weighted by Crippen LogP contribution is -2.49. The van der Waals surface area contributed by atoms with Crippen molar-refractivity contribution in [2.75, 3.05) is 55.9 Å². The third-order valence-corrected chi connectivity index (χ3v) is 8.33. The van der Waals surface area contributed by atoms with Crippen molar-refractivity contribution >= 4 is 50.5 Å². The predicted octanol–water partition coefficient (Wildman–Crippen LogP) is 5.25. The van der Waals surface area contributed by atoms with Crippen molar-refractivity contribution in [1.82, 2.24) is 4.90 Å². The van der Waals surface area contributed by atoms with E-state index in [1.54, 1.807) is 35.2 Å². The summed E-state index contributed by atoms with van der Waals surface area (Å²) in [7, 11) is -0.864. The van der Waals surface area contributed by atoms with Crippen molar-refractivity contribution in [1.29, 1.82) is 0 Å². The number of piperazine rings is 1. The monoisotopic (exact) mass is 591 g/mol. The Balaban J connectivity index is 1.69. The van der Waals surface area contributed by atoms with E-state index in [-0.39, 0.29) is 23.7 Å². The van der Waals surface area contributed by atoms with Gasteiger partial charge in [0.25, 0.3) is 5.91 Å². The third-order valence-electron chi connectivity index (χ3n) is 6.72. The fraction of sp³-hybridized carbons (Fsp3) is 0.321. The number of hydrogen-bond acceptors (Lipinski definition) is 6. The molecule has 8 nitrogen and oxygen atoms in total. The van der Waals surface area contributed by atoms with Gasteiger partial charge in [-0.05, 0) is 48.4 Å². The molecule has 0 radical (unpaired) electrons. The first-order chi connectivity index (χ1) is 18.5. The molecule has 1 saturated heterocycles. The number of halogens is 2. The number of sulfonamides is 1. The Morgan fingerprint density at radius 2 is 1.49 bits per heavy atom. The smallest absolute Gasteiger partial charge is 0.256 e.